The van der Waals surface area contributed by atoms with E-state index in [2.05, 4.69) is 5.92 Å². The molecular weight excluding hydrogens is 148 g/mol. The zero-order valence-electron chi connectivity index (χ0n) is 6.90. The molecule has 1 nitrogen and oxygen atoms in total. The lowest BCUT2D eigenvalue weighted by Crippen LogP contribution is -2.08. The van der Waals surface area contributed by atoms with Crippen molar-refractivity contribution in [2.75, 3.05) is 0 Å². The van der Waals surface area contributed by atoms with E-state index in [0.717, 1.165) is 5.56 Å². The maximum absolute atomic E-state index is 9.36. The molecule has 0 aliphatic carbocycles. The Morgan fingerprint density at radius 2 is 2.00 bits per heavy atom. The summed E-state index contributed by atoms with van der Waals surface area (Å²) in [5.74, 6) is 2.44. The number of terminal acetylenes is 1. The molecule has 0 radical (unpaired) electrons. The van der Waals surface area contributed by atoms with Gasteiger partial charge in [0.05, 0.1) is 6.10 Å². The normalized spacial score (nSPS) is 12.0. The van der Waals surface area contributed by atoms with E-state index < -0.39 is 6.10 Å². The van der Waals surface area contributed by atoms with Crippen LogP contribution < -0.4 is 0 Å². The summed E-state index contributed by atoms with van der Waals surface area (Å²) in [6.07, 6.45) is 5.74. The Balaban J connectivity index is 2.48. The molecule has 1 aromatic rings. The fourth-order valence-electron chi connectivity index (χ4n) is 1.09. The van der Waals surface area contributed by atoms with Crippen LogP contribution in [0, 0.1) is 12.3 Å². The monoisotopic (exact) mass is 160 g/mol. The summed E-state index contributed by atoms with van der Waals surface area (Å²) in [5.41, 5.74) is 1.13. The molecule has 0 aliphatic rings. The molecule has 62 valence electrons. The molecule has 0 bridgehead atoms. The second-order valence-corrected chi connectivity index (χ2v) is 2.75. The van der Waals surface area contributed by atoms with Gasteiger partial charge in [0.2, 0.25) is 0 Å². The molecule has 0 fully saturated rings. The fraction of sp³-hybridized carbons (Fsp3) is 0.273. The number of aliphatic hydroxyl groups is 1. The molecule has 1 rings (SSSR count). The Bertz CT molecular complexity index is 258. The van der Waals surface area contributed by atoms with Crippen LogP contribution in [0.1, 0.15) is 12.0 Å². The van der Waals surface area contributed by atoms with E-state index in [1.54, 1.807) is 0 Å². The molecule has 0 saturated carbocycles. The van der Waals surface area contributed by atoms with Gasteiger partial charge in [-0.05, 0) is 12.0 Å². The fourth-order valence-corrected chi connectivity index (χ4v) is 1.09. The molecule has 0 aliphatic heterocycles. The number of benzene rings is 1. The summed E-state index contributed by atoms with van der Waals surface area (Å²) in [6, 6.07) is 9.84. The van der Waals surface area contributed by atoms with Crippen LogP contribution in [0.2, 0.25) is 0 Å². The highest BCUT2D eigenvalue weighted by Crippen LogP contribution is 2.04. The third-order valence-electron chi connectivity index (χ3n) is 1.67. The van der Waals surface area contributed by atoms with Crippen LogP contribution in [0.3, 0.4) is 0 Å². The Hall–Kier alpha value is -1.26. The van der Waals surface area contributed by atoms with Crippen molar-refractivity contribution in [1.82, 2.24) is 0 Å². The minimum atomic E-state index is -0.405. The van der Waals surface area contributed by atoms with Crippen LogP contribution in [0.4, 0.5) is 0 Å². The van der Waals surface area contributed by atoms with Crippen molar-refractivity contribution in [3.05, 3.63) is 35.9 Å². The van der Waals surface area contributed by atoms with Gasteiger partial charge in [-0.2, -0.15) is 0 Å². The van der Waals surface area contributed by atoms with Gasteiger partial charge in [-0.15, -0.1) is 12.3 Å². The molecule has 0 spiro atoms. The second kappa shape index (κ2) is 4.58. The molecule has 1 aromatic carbocycles. The highest BCUT2D eigenvalue weighted by Gasteiger charge is 2.01. The van der Waals surface area contributed by atoms with Crippen LogP contribution in [-0.4, -0.2) is 11.2 Å². The van der Waals surface area contributed by atoms with Crippen LogP contribution >= 0.6 is 0 Å². The smallest absolute Gasteiger partial charge is 0.0689 e. The first-order valence-electron chi connectivity index (χ1n) is 3.98. The minimum Gasteiger partial charge on any atom is -0.392 e. The van der Waals surface area contributed by atoms with Crippen LogP contribution in [0.15, 0.2) is 30.3 Å². The highest BCUT2D eigenvalue weighted by atomic mass is 16.3. The quantitative estimate of drug-likeness (QED) is 0.666. The summed E-state index contributed by atoms with van der Waals surface area (Å²) in [5, 5.41) is 9.36. The number of aliphatic hydroxyl groups excluding tert-OH is 1. The van der Waals surface area contributed by atoms with E-state index in [-0.39, 0.29) is 0 Å². The maximum Gasteiger partial charge on any atom is 0.0689 e. The van der Waals surface area contributed by atoms with Crippen molar-refractivity contribution >= 4 is 0 Å². The number of hydrogen-bond donors (Lipinski definition) is 1. The van der Waals surface area contributed by atoms with Crippen molar-refractivity contribution in [3.63, 3.8) is 0 Å². The van der Waals surface area contributed by atoms with E-state index in [1.165, 1.54) is 0 Å². The number of rotatable bonds is 3. The topological polar surface area (TPSA) is 20.2 Å². The third kappa shape index (κ3) is 2.77. The van der Waals surface area contributed by atoms with Gasteiger partial charge in [0.15, 0.2) is 0 Å². The Morgan fingerprint density at radius 1 is 1.33 bits per heavy atom. The summed E-state index contributed by atoms with van der Waals surface area (Å²) >= 11 is 0. The van der Waals surface area contributed by atoms with Crippen molar-refractivity contribution < 1.29 is 5.11 Å². The van der Waals surface area contributed by atoms with Gasteiger partial charge in [-0.3, -0.25) is 0 Å². The molecular formula is C11H12O. The van der Waals surface area contributed by atoms with E-state index in [0.29, 0.717) is 12.8 Å². The van der Waals surface area contributed by atoms with Crippen molar-refractivity contribution in [2.45, 2.75) is 18.9 Å². The van der Waals surface area contributed by atoms with Crippen molar-refractivity contribution in [1.29, 1.82) is 0 Å². The number of hydrogen-bond acceptors (Lipinski definition) is 1. The minimum absolute atomic E-state index is 0.405. The summed E-state index contributed by atoms with van der Waals surface area (Å²) in [7, 11) is 0. The molecule has 1 atom stereocenters. The van der Waals surface area contributed by atoms with Gasteiger partial charge >= 0.3 is 0 Å². The van der Waals surface area contributed by atoms with Gasteiger partial charge in [-0.25, -0.2) is 0 Å². The van der Waals surface area contributed by atoms with Crippen LogP contribution in [0.5, 0.6) is 0 Å². The lowest BCUT2D eigenvalue weighted by atomic mass is 10.1. The zero-order valence-corrected chi connectivity index (χ0v) is 6.90. The van der Waals surface area contributed by atoms with E-state index in [4.69, 9.17) is 6.42 Å². The first kappa shape index (κ1) is 8.83. The lowest BCUT2D eigenvalue weighted by Gasteiger charge is -2.05. The van der Waals surface area contributed by atoms with Gasteiger partial charge in [-0.1, -0.05) is 30.3 Å². The predicted molar refractivity (Wildman–Crippen MR) is 49.6 cm³/mol. The molecule has 1 heteroatoms. The molecule has 0 heterocycles. The first-order valence-corrected chi connectivity index (χ1v) is 3.98. The van der Waals surface area contributed by atoms with E-state index in [1.807, 2.05) is 30.3 Å². The lowest BCUT2D eigenvalue weighted by molar-refractivity contribution is 0.181. The van der Waals surface area contributed by atoms with Crippen LogP contribution in [-0.2, 0) is 6.42 Å². The molecule has 12 heavy (non-hydrogen) atoms. The third-order valence-corrected chi connectivity index (χ3v) is 1.67. The molecule has 0 aromatic heterocycles. The summed E-state index contributed by atoms with van der Waals surface area (Å²) in [6.45, 7) is 0. The Labute approximate surface area is 73.0 Å². The summed E-state index contributed by atoms with van der Waals surface area (Å²) in [4.78, 5) is 0. The van der Waals surface area contributed by atoms with E-state index >= 15 is 0 Å². The first-order chi connectivity index (χ1) is 5.83. The van der Waals surface area contributed by atoms with E-state index in [9.17, 15) is 5.11 Å². The highest BCUT2D eigenvalue weighted by molar-refractivity contribution is 5.15. The van der Waals surface area contributed by atoms with Crippen molar-refractivity contribution in [2.24, 2.45) is 0 Å². The largest absolute Gasteiger partial charge is 0.392 e. The van der Waals surface area contributed by atoms with Crippen molar-refractivity contribution in [3.8, 4) is 12.3 Å². The summed E-state index contributed by atoms with van der Waals surface area (Å²) < 4.78 is 0. The van der Waals surface area contributed by atoms with Crippen LogP contribution in [0.25, 0.3) is 0 Å². The standard InChI is InChI=1S/C11H12O/c1-2-6-11(12)9-10-7-4-3-5-8-10/h1,3-5,7-8,11-12H,6,9H2/t11-/m1/s1. The van der Waals surface area contributed by atoms with Gasteiger partial charge in [0.1, 0.15) is 0 Å². The zero-order chi connectivity index (χ0) is 8.81. The Kier molecular flexibility index (Phi) is 3.37. The molecule has 1 N–H and O–H groups in total. The average Bonchev–Trinajstić information content (AvgIpc) is 2.06. The molecule has 0 unspecified atom stereocenters. The second-order valence-electron chi connectivity index (χ2n) is 2.75. The van der Waals surface area contributed by atoms with Gasteiger partial charge in [0, 0.05) is 6.42 Å². The molecule has 0 amide bonds. The molecule has 0 saturated heterocycles. The SMILES string of the molecule is C#CC[C@@H](O)Cc1ccccc1. The average molecular weight is 160 g/mol. The Morgan fingerprint density at radius 3 is 2.58 bits per heavy atom. The van der Waals surface area contributed by atoms with Gasteiger partial charge in [0.25, 0.3) is 0 Å². The maximum atomic E-state index is 9.36. The predicted octanol–water partition coefficient (Wildman–Crippen LogP) is 1.61. The van der Waals surface area contributed by atoms with Gasteiger partial charge < -0.3 is 5.11 Å².